The number of hydrogen-bond acceptors (Lipinski definition) is 3. The standard InChI is InChI=1S/C15H19BrN2O/c1-3-15(19,4-2)10-18-14-12-6-5-7-13(16)11(12)8-9-17-14/h5-9,19H,3-4,10H2,1-2H3,(H,17,18). The van der Waals surface area contributed by atoms with Crippen LogP contribution < -0.4 is 5.32 Å². The molecule has 0 unspecified atom stereocenters. The van der Waals surface area contributed by atoms with Crippen molar-refractivity contribution in [3.05, 3.63) is 34.9 Å². The molecule has 1 aromatic heterocycles. The van der Waals surface area contributed by atoms with Crippen LogP contribution >= 0.6 is 15.9 Å². The lowest BCUT2D eigenvalue weighted by Crippen LogP contribution is -2.35. The van der Waals surface area contributed by atoms with Crippen LogP contribution in [0, 0.1) is 0 Å². The van der Waals surface area contributed by atoms with Crippen molar-refractivity contribution in [3.8, 4) is 0 Å². The maximum absolute atomic E-state index is 10.3. The second-order valence-electron chi connectivity index (χ2n) is 4.78. The van der Waals surface area contributed by atoms with Gasteiger partial charge in [-0.2, -0.15) is 0 Å². The molecule has 3 nitrogen and oxygen atoms in total. The molecule has 102 valence electrons. The van der Waals surface area contributed by atoms with Crippen molar-refractivity contribution in [2.75, 3.05) is 11.9 Å². The first-order valence-corrected chi connectivity index (χ1v) is 7.38. The Bertz CT molecular complexity index is 567. The molecule has 4 heteroatoms. The number of benzene rings is 1. The Labute approximate surface area is 122 Å². The third-order valence-electron chi connectivity index (χ3n) is 3.65. The number of nitrogens with one attached hydrogen (secondary N) is 1. The van der Waals surface area contributed by atoms with Crippen LogP contribution in [0.5, 0.6) is 0 Å². The maximum Gasteiger partial charge on any atom is 0.133 e. The van der Waals surface area contributed by atoms with Gasteiger partial charge >= 0.3 is 0 Å². The first-order valence-electron chi connectivity index (χ1n) is 6.59. The molecule has 0 aliphatic heterocycles. The van der Waals surface area contributed by atoms with Gasteiger partial charge in [-0.25, -0.2) is 4.98 Å². The van der Waals surface area contributed by atoms with E-state index in [0.29, 0.717) is 6.54 Å². The first-order chi connectivity index (χ1) is 9.09. The third-order valence-corrected chi connectivity index (χ3v) is 4.35. The highest BCUT2D eigenvalue weighted by Crippen LogP contribution is 2.28. The Hall–Kier alpha value is -1.13. The lowest BCUT2D eigenvalue weighted by atomic mass is 9.97. The average Bonchev–Trinajstić information content (AvgIpc) is 2.45. The molecule has 2 aromatic rings. The molecular formula is C15H19BrN2O. The van der Waals surface area contributed by atoms with Gasteiger partial charge in [0.25, 0.3) is 0 Å². The minimum Gasteiger partial charge on any atom is -0.388 e. The molecule has 1 aromatic carbocycles. The number of aliphatic hydroxyl groups is 1. The van der Waals surface area contributed by atoms with Gasteiger partial charge in [0.1, 0.15) is 5.82 Å². The van der Waals surface area contributed by atoms with E-state index in [1.165, 1.54) is 0 Å². The average molecular weight is 323 g/mol. The highest BCUT2D eigenvalue weighted by Gasteiger charge is 2.22. The van der Waals surface area contributed by atoms with E-state index in [4.69, 9.17) is 0 Å². The number of anilines is 1. The van der Waals surface area contributed by atoms with Crippen molar-refractivity contribution in [2.24, 2.45) is 0 Å². The summed E-state index contributed by atoms with van der Waals surface area (Å²) in [5.74, 6) is 0.819. The van der Waals surface area contributed by atoms with Crippen molar-refractivity contribution >= 4 is 32.5 Å². The Balaban J connectivity index is 2.29. The zero-order valence-electron chi connectivity index (χ0n) is 11.3. The number of fused-ring (bicyclic) bond motifs is 1. The van der Waals surface area contributed by atoms with Gasteiger partial charge in [-0.05, 0) is 25.0 Å². The second kappa shape index (κ2) is 5.88. The Morgan fingerprint density at radius 3 is 2.63 bits per heavy atom. The normalized spacial score (nSPS) is 11.8. The largest absolute Gasteiger partial charge is 0.388 e. The van der Waals surface area contributed by atoms with E-state index in [2.05, 4.69) is 26.2 Å². The zero-order valence-corrected chi connectivity index (χ0v) is 12.9. The van der Waals surface area contributed by atoms with Gasteiger partial charge in [0.15, 0.2) is 0 Å². The summed E-state index contributed by atoms with van der Waals surface area (Å²) in [6.07, 6.45) is 3.24. The number of hydrogen-bond donors (Lipinski definition) is 2. The molecule has 19 heavy (non-hydrogen) atoms. The number of rotatable bonds is 5. The van der Waals surface area contributed by atoms with Crippen LogP contribution in [-0.2, 0) is 0 Å². The number of pyridine rings is 1. The predicted molar refractivity (Wildman–Crippen MR) is 83.5 cm³/mol. The fourth-order valence-corrected chi connectivity index (χ4v) is 2.56. The smallest absolute Gasteiger partial charge is 0.133 e. The fourth-order valence-electron chi connectivity index (χ4n) is 2.06. The van der Waals surface area contributed by atoms with Crippen LogP contribution in [0.3, 0.4) is 0 Å². The van der Waals surface area contributed by atoms with Gasteiger partial charge in [-0.1, -0.05) is 41.9 Å². The summed E-state index contributed by atoms with van der Waals surface area (Å²) in [4.78, 5) is 4.38. The highest BCUT2D eigenvalue weighted by atomic mass is 79.9. The summed E-state index contributed by atoms with van der Waals surface area (Å²) in [6.45, 7) is 4.51. The molecule has 2 N–H and O–H groups in total. The van der Waals surface area contributed by atoms with E-state index in [1.807, 2.05) is 38.1 Å². The molecule has 0 fully saturated rings. The zero-order chi connectivity index (χ0) is 13.9. The first kappa shape index (κ1) is 14.3. The Morgan fingerprint density at radius 1 is 1.21 bits per heavy atom. The molecule has 2 rings (SSSR count). The summed E-state index contributed by atoms with van der Waals surface area (Å²) >= 11 is 3.54. The van der Waals surface area contributed by atoms with Gasteiger partial charge in [0, 0.05) is 28.0 Å². The molecule has 0 saturated heterocycles. The van der Waals surface area contributed by atoms with Crippen LogP contribution in [0.15, 0.2) is 34.9 Å². The van der Waals surface area contributed by atoms with Crippen molar-refractivity contribution in [3.63, 3.8) is 0 Å². The summed E-state index contributed by atoms with van der Waals surface area (Å²) in [5.41, 5.74) is -0.671. The van der Waals surface area contributed by atoms with Crippen LogP contribution in [0.4, 0.5) is 5.82 Å². The van der Waals surface area contributed by atoms with Gasteiger partial charge in [-0.3, -0.25) is 0 Å². The number of nitrogens with zero attached hydrogens (tertiary/aromatic N) is 1. The lowest BCUT2D eigenvalue weighted by Gasteiger charge is -2.26. The molecule has 0 aliphatic carbocycles. The van der Waals surface area contributed by atoms with Crippen LogP contribution in [0.1, 0.15) is 26.7 Å². The SMILES string of the molecule is CCC(O)(CC)CNc1nccc2c(Br)cccc12. The fraction of sp³-hybridized carbons (Fsp3) is 0.400. The van der Waals surface area contributed by atoms with E-state index < -0.39 is 5.60 Å². The number of aromatic nitrogens is 1. The second-order valence-corrected chi connectivity index (χ2v) is 5.63. The van der Waals surface area contributed by atoms with Gasteiger partial charge in [0.2, 0.25) is 0 Å². The van der Waals surface area contributed by atoms with Gasteiger partial charge in [-0.15, -0.1) is 0 Å². The molecule has 0 amide bonds. The Kier molecular flexibility index (Phi) is 4.42. The van der Waals surface area contributed by atoms with Gasteiger partial charge < -0.3 is 10.4 Å². The summed E-state index contributed by atoms with van der Waals surface area (Å²) in [7, 11) is 0. The van der Waals surface area contributed by atoms with Crippen LogP contribution in [-0.4, -0.2) is 22.2 Å². The quantitative estimate of drug-likeness (QED) is 0.875. The van der Waals surface area contributed by atoms with E-state index in [9.17, 15) is 5.11 Å². The molecule has 0 atom stereocenters. The topological polar surface area (TPSA) is 45.1 Å². The number of halogens is 1. The minimum absolute atomic E-state index is 0.513. The molecule has 1 heterocycles. The molecule has 0 aliphatic rings. The maximum atomic E-state index is 10.3. The van der Waals surface area contributed by atoms with Crippen LogP contribution in [0.2, 0.25) is 0 Å². The molecule has 0 saturated carbocycles. The molecule has 0 spiro atoms. The third kappa shape index (κ3) is 3.07. The van der Waals surface area contributed by atoms with Gasteiger partial charge in [0.05, 0.1) is 5.60 Å². The van der Waals surface area contributed by atoms with Crippen molar-refractivity contribution < 1.29 is 5.11 Å². The van der Waals surface area contributed by atoms with E-state index in [-0.39, 0.29) is 0 Å². The molecule has 0 radical (unpaired) electrons. The highest BCUT2D eigenvalue weighted by molar-refractivity contribution is 9.10. The lowest BCUT2D eigenvalue weighted by molar-refractivity contribution is 0.0456. The Morgan fingerprint density at radius 2 is 1.95 bits per heavy atom. The minimum atomic E-state index is -0.671. The summed E-state index contributed by atoms with van der Waals surface area (Å²) in [6, 6.07) is 8.02. The predicted octanol–water partition coefficient (Wildman–Crippen LogP) is 3.96. The van der Waals surface area contributed by atoms with Crippen molar-refractivity contribution in [1.82, 2.24) is 4.98 Å². The summed E-state index contributed by atoms with van der Waals surface area (Å²) in [5, 5.41) is 15.8. The molecule has 0 bridgehead atoms. The van der Waals surface area contributed by atoms with E-state index >= 15 is 0 Å². The van der Waals surface area contributed by atoms with Crippen molar-refractivity contribution in [2.45, 2.75) is 32.3 Å². The van der Waals surface area contributed by atoms with Crippen LogP contribution in [0.25, 0.3) is 10.8 Å². The van der Waals surface area contributed by atoms with E-state index in [1.54, 1.807) is 6.20 Å². The van der Waals surface area contributed by atoms with Crippen molar-refractivity contribution in [1.29, 1.82) is 0 Å². The van der Waals surface area contributed by atoms with E-state index in [0.717, 1.165) is 33.9 Å². The summed E-state index contributed by atoms with van der Waals surface area (Å²) < 4.78 is 1.05. The molecular weight excluding hydrogens is 304 g/mol. The monoisotopic (exact) mass is 322 g/mol.